The van der Waals surface area contributed by atoms with Gasteiger partial charge in [0.2, 0.25) is 11.8 Å². The van der Waals surface area contributed by atoms with E-state index in [1.165, 1.54) is 0 Å². The Labute approximate surface area is 135 Å². The van der Waals surface area contributed by atoms with E-state index in [0.717, 1.165) is 5.56 Å². The van der Waals surface area contributed by atoms with E-state index in [9.17, 15) is 9.59 Å². The molecule has 1 aliphatic heterocycles. The minimum atomic E-state index is -0.476. The lowest BCUT2D eigenvalue weighted by molar-refractivity contribution is -0.134. The maximum Gasteiger partial charge on any atom is 0.237 e. The molecule has 0 bridgehead atoms. The number of nitrogens with one attached hydrogen (secondary N) is 2. The van der Waals surface area contributed by atoms with Crippen LogP contribution < -0.4 is 20.1 Å². The Morgan fingerprint density at radius 2 is 2.17 bits per heavy atom. The predicted molar refractivity (Wildman–Crippen MR) is 85.4 cm³/mol. The molecule has 1 aromatic carbocycles. The van der Waals surface area contributed by atoms with Crippen molar-refractivity contribution in [2.45, 2.75) is 19.0 Å². The van der Waals surface area contributed by atoms with Gasteiger partial charge >= 0.3 is 0 Å². The van der Waals surface area contributed by atoms with Crippen molar-refractivity contribution in [3.63, 3.8) is 0 Å². The fourth-order valence-corrected chi connectivity index (χ4v) is 2.65. The summed E-state index contributed by atoms with van der Waals surface area (Å²) in [5, 5.41) is 5.38. The highest BCUT2D eigenvalue weighted by atomic mass is 16.5. The smallest absolute Gasteiger partial charge is 0.237 e. The molecule has 0 spiro atoms. The predicted octanol–water partition coefficient (Wildman–Crippen LogP) is 0.140. The van der Waals surface area contributed by atoms with E-state index in [1.807, 2.05) is 23.1 Å². The topological polar surface area (TPSA) is 79.9 Å². The summed E-state index contributed by atoms with van der Waals surface area (Å²) in [5.41, 5.74) is 0.949. The largest absolute Gasteiger partial charge is 0.497 e. The summed E-state index contributed by atoms with van der Waals surface area (Å²) >= 11 is 0. The summed E-state index contributed by atoms with van der Waals surface area (Å²) in [6.45, 7) is 1.78. The van der Waals surface area contributed by atoms with Crippen molar-refractivity contribution in [3.05, 3.63) is 23.8 Å². The molecule has 1 aromatic rings. The van der Waals surface area contributed by atoms with Gasteiger partial charge in [-0.1, -0.05) is 6.07 Å². The third kappa shape index (κ3) is 4.13. The van der Waals surface area contributed by atoms with E-state index in [0.29, 0.717) is 31.1 Å². The van der Waals surface area contributed by atoms with Crippen LogP contribution in [0.2, 0.25) is 0 Å². The summed E-state index contributed by atoms with van der Waals surface area (Å²) in [4.78, 5) is 25.8. The Kier molecular flexibility index (Phi) is 5.81. The third-order valence-electron chi connectivity index (χ3n) is 3.97. The van der Waals surface area contributed by atoms with Crippen molar-refractivity contribution in [1.29, 1.82) is 0 Å². The molecule has 2 N–H and O–H groups in total. The van der Waals surface area contributed by atoms with Crippen molar-refractivity contribution >= 4 is 11.8 Å². The van der Waals surface area contributed by atoms with Crippen LogP contribution in [0.3, 0.4) is 0 Å². The Morgan fingerprint density at radius 3 is 2.83 bits per heavy atom. The van der Waals surface area contributed by atoms with Crippen molar-refractivity contribution in [2.75, 3.05) is 34.4 Å². The van der Waals surface area contributed by atoms with Gasteiger partial charge < -0.3 is 20.1 Å². The quantitative estimate of drug-likeness (QED) is 0.779. The molecule has 7 heteroatoms. The summed E-state index contributed by atoms with van der Waals surface area (Å²) in [7, 11) is 4.77. The van der Waals surface area contributed by atoms with E-state index >= 15 is 0 Å². The standard InChI is InChI=1S/C16H23N3O4/c1-17-15(20)9-13-16(21)18-6-7-19(13)10-11-4-5-12(22-2)8-14(11)23-3/h4-5,8,13H,6-7,9-10H2,1-3H3,(H,17,20)(H,18,21)/t13-/m1/s1. The average Bonchev–Trinajstić information content (AvgIpc) is 2.58. The lowest BCUT2D eigenvalue weighted by atomic mass is 10.1. The second-order valence-corrected chi connectivity index (χ2v) is 5.33. The Morgan fingerprint density at radius 1 is 1.39 bits per heavy atom. The van der Waals surface area contributed by atoms with Gasteiger partial charge in [0.25, 0.3) is 0 Å². The van der Waals surface area contributed by atoms with Gasteiger partial charge in [0, 0.05) is 38.3 Å². The molecule has 0 aliphatic carbocycles. The van der Waals surface area contributed by atoms with Crippen LogP contribution in [-0.4, -0.2) is 57.1 Å². The molecule has 1 fully saturated rings. The van der Waals surface area contributed by atoms with Gasteiger partial charge in [0.1, 0.15) is 11.5 Å². The van der Waals surface area contributed by atoms with Crippen LogP contribution in [0.4, 0.5) is 0 Å². The molecule has 1 saturated heterocycles. The molecular formula is C16H23N3O4. The number of piperazine rings is 1. The van der Waals surface area contributed by atoms with Crippen molar-refractivity contribution in [3.8, 4) is 11.5 Å². The van der Waals surface area contributed by atoms with Gasteiger partial charge in [0.05, 0.1) is 26.7 Å². The monoisotopic (exact) mass is 321 g/mol. The lowest BCUT2D eigenvalue weighted by Crippen LogP contribution is -2.56. The van der Waals surface area contributed by atoms with E-state index in [2.05, 4.69) is 10.6 Å². The number of benzene rings is 1. The fourth-order valence-electron chi connectivity index (χ4n) is 2.65. The molecule has 0 saturated carbocycles. The second kappa shape index (κ2) is 7.82. The van der Waals surface area contributed by atoms with Gasteiger partial charge in [-0.3, -0.25) is 14.5 Å². The first-order valence-corrected chi connectivity index (χ1v) is 7.52. The summed E-state index contributed by atoms with van der Waals surface area (Å²) in [5.74, 6) is 1.14. The Balaban J connectivity index is 2.18. The summed E-state index contributed by atoms with van der Waals surface area (Å²) in [6.07, 6.45) is 0.140. The second-order valence-electron chi connectivity index (χ2n) is 5.33. The molecule has 23 heavy (non-hydrogen) atoms. The van der Waals surface area contributed by atoms with E-state index in [-0.39, 0.29) is 18.2 Å². The molecule has 1 atom stereocenters. The number of ether oxygens (including phenoxy) is 2. The highest BCUT2D eigenvalue weighted by Gasteiger charge is 2.31. The first-order valence-electron chi connectivity index (χ1n) is 7.52. The molecule has 0 radical (unpaired) electrons. The van der Waals surface area contributed by atoms with Crippen molar-refractivity contribution in [1.82, 2.24) is 15.5 Å². The zero-order chi connectivity index (χ0) is 16.8. The van der Waals surface area contributed by atoms with Crippen LogP contribution in [0.15, 0.2) is 18.2 Å². The minimum Gasteiger partial charge on any atom is -0.497 e. The Hall–Kier alpha value is -2.28. The third-order valence-corrected chi connectivity index (χ3v) is 3.97. The number of amides is 2. The van der Waals surface area contributed by atoms with Gasteiger partial charge in [0.15, 0.2) is 0 Å². The number of nitrogens with zero attached hydrogens (tertiary/aromatic N) is 1. The molecule has 2 rings (SSSR count). The highest BCUT2D eigenvalue weighted by molar-refractivity contribution is 5.88. The molecule has 2 amide bonds. The van der Waals surface area contributed by atoms with Crippen molar-refractivity contribution < 1.29 is 19.1 Å². The number of methoxy groups -OCH3 is 2. The van der Waals surface area contributed by atoms with Crippen LogP contribution in [-0.2, 0) is 16.1 Å². The molecule has 1 aliphatic rings. The van der Waals surface area contributed by atoms with Crippen LogP contribution in [0.5, 0.6) is 11.5 Å². The zero-order valence-electron chi connectivity index (χ0n) is 13.7. The lowest BCUT2D eigenvalue weighted by Gasteiger charge is -2.34. The van der Waals surface area contributed by atoms with Gasteiger partial charge in [-0.05, 0) is 6.07 Å². The fraction of sp³-hybridized carbons (Fsp3) is 0.500. The molecule has 0 unspecified atom stereocenters. The van der Waals surface area contributed by atoms with E-state index < -0.39 is 6.04 Å². The highest BCUT2D eigenvalue weighted by Crippen LogP contribution is 2.27. The average molecular weight is 321 g/mol. The summed E-state index contributed by atoms with van der Waals surface area (Å²) < 4.78 is 10.6. The van der Waals surface area contributed by atoms with Crippen LogP contribution in [0.1, 0.15) is 12.0 Å². The molecular weight excluding hydrogens is 298 g/mol. The molecule has 126 valence electrons. The van der Waals surface area contributed by atoms with Crippen LogP contribution in [0, 0.1) is 0 Å². The maximum absolute atomic E-state index is 12.1. The minimum absolute atomic E-state index is 0.118. The van der Waals surface area contributed by atoms with Crippen LogP contribution in [0.25, 0.3) is 0 Å². The Bertz CT molecular complexity index is 576. The summed E-state index contributed by atoms with van der Waals surface area (Å²) in [6, 6.07) is 5.11. The number of rotatable bonds is 6. The maximum atomic E-state index is 12.1. The number of carbonyl (C=O) groups is 2. The number of hydrogen-bond acceptors (Lipinski definition) is 5. The first kappa shape index (κ1) is 17.1. The molecule has 0 aromatic heterocycles. The van der Waals surface area contributed by atoms with Crippen molar-refractivity contribution in [2.24, 2.45) is 0 Å². The first-order chi connectivity index (χ1) is 11.1. The van der Waals surface area contributed by atoms with Gasteiger partial charge in [-0.2, -0.15) is 0 Å². The normalized spacial score (nSPS) is 18.2. The zero-order valence-corrected chi connectivity index (χ0v) is 13.7. The number of hydrogen-bond donors (Lipinski definition) is 2. The van der Waals surface area contributed by atoms with E-state index in [4.69, 9.17) is 9.47 Å². The molecule has 1 heterocycles. The van der Waals surface area contributed by atoms with E-state index in [1.54, 1.807) is 21.3 Å². The SMILES string of the molecule is CNC(=O)C[C@@H]1C(=O)NCCN1Cc1ccc(OC)cc1OC. The molecule has 7 nitrogen and oxygen atoms in total. The number of carbonyl (C=O) groups excluding carboxylic acids is 2. The van der Waals surface area contributed by atoms with Crippen LogP contribution >= 0.6 is 0 Å². The van der Waals surface area contributed by atoms with Gasteiger partial charge in [-0.25, -0.2) is 0 Å². The van der Waals surface area contributed by atoms with Gasteiger partial charge in [-0.15, -0.1) is 0 Å².